The highest BCUT2D eigenvalue weighted by Crippen LogP contribution is 2.27. The second kappa shape index (κ2) is 6.07. The van der Waals surface area contributed by atoms with E-state index in [0.29, 0.717) is 0 Å². The fourth-order valence-corrected chi connectivity index (χ4v) is 3.25. The van der Waals surface area contributed by atoms with Crippen molar-refractivity contribution in [2.24, 2.45) is 0 Å². The summed E-state index contributed by atoms with van der Waals surface area (Å²) < 4.78 is 1.31. The van der Waals surface area contributed by atoms with Crippen LogP contribution < -0.4 is 0 Å². The van der Waals surface area contributed by atoms with Gasteiger partial charge in [-0.2, -0.15) is 0 Å². The fraction of sp³-hybridized carbons (Fsp3) is 0.222. The first-order valence-electron chi connectivity index (χ1n) is 6.99. The third-order valence-corrected chi connectivity index (χ3v) is 4.72. The maximum absolute atomic E-state index is 4.69. The van der Waals surface area contributed by atoms with Gasteiger partial charge in [-0.1, -0.05) is 18.1 Å². The van der Waals surface area contributed by atoms with E-state index in [1.807, 2.05) is 18.2 Å². The van der Waals surface area contributed by atoms with E-state index in [0.717, 1.165) is 29.1 Å². The number of aromatic nitrogens is 2. The Labute approximate surface area is 128 Å². The second-order valence-electron chi connectivity index (χ2n) is 4.98. The standard InChI is InChI=1S/C18H16N2S/c1-13-10-11-16-18(14(13)2)21-17(20-16)9-4-3-7-15-8-5-6-12-19-15/h5-6,8,10-12H,4,9H2,1-2H3. The van der Waals surface area contributed by atoms with Gasteiger partial charge in [0.2, 0.25) is 0 Å². The number of hydrogen-bond donors (Lipinski definition) is 0. The largest absolute Gasteiger partial charge is 0.248 e. The van der Waals surface area contributed by atoms with Gasteiger partial charge in [0.05, 0.1) is 15.2 Å². The van der Waals surface area contributed by atoms with Crippen LogP contribution in [-0.2, 0) is 6.42 Å². The molecule has 0 atom stereocenters. The summed E-state index contributed by atoms with van der Waals surface area (Å²) in [7, 11) is 0. The maximum atomic E-state index is 4.69. The van der Waals surface area contributed by atoms with Gasteiger partial charge in [0.15, 0.2) is 0 Å². The number of aryl methyl sites for hydroxylation is 3. The summed E-state index contributed by atoms with van der Waals surface area (Å²) in [6.07, 6.45) is 3.48. The lowest BCUT2D eigenvalue weighted by Gasteiger charge is -1.98. The van der Waals surface area contributed by atoms with Crippen molar-refractivity contribution in [2.75, 3.05) is 0 Å². The second-order valence-corrected chi connectivity index (χ2v) is 6.06. The van der Waals surface area contributed by atoms with E-state index >= 15 is 0 Å². The Balaban J connectivity index is 1.72. The van der Waals surface area contributed by atoms with Gasteiger partial charge in [-0.25, -0.2) is 9.97 Å². The summed E-state index contributed by atoms with van der Waals surface area (Å²) in [6.45, 7) is 4.31. The molecule has 0 amide bonds. The summed E-state index contributed by atoms with van der Waals surface area (Å²) >= 11 is 1.79. The molecular formula is C18H16N2S. The highest BCUT2D eigenvalue weighted by atomic mass is 32.1. The number of thiazole rings is 1. The zero-order chi connectivity index (χ0) is 14.7. The summed E-state index contributed by atoms with van der Waals surface area (Å²) in [5.74, 6) is 6.26. The van der Waals surface area contributed by atoms with E-state index in [2.05, 4.69) is 42.8 Å². The normalized spacial score (nSPS) is 10.4. The molecule has 1 aromatic carbocycles. The Kier molecular flexibility index (Phi) is 3.98. The van der Waals surface area contributed by atoms with Gasteiger partial charge in [-0.15, -0.1) is 11.3 Å². The van der Waals surface area contributed by atoms with Crippen molar-refractivity contribution in [3.63, 3.8) is 0 Å². The van der Waals surface area contributed by atoms with Crippen LogP contribution >= 0.6 is 11.3 Å². The first-order valence-corrected chi connectivity index (χ1v) is 7.81. The predicted molar refractivity (Wildman–Crippen MR) is 88.5 cm³/mol. The number of pyridine rings is 1. The Hall–Kier alpha value is -2.18. The summed E-state index contributed by atoms with van der Waals surface area (Å²) in [5, 5.41) is 1.16. The van der Waals surface area contributed by atoms with Gasteiger partial charge in [0, 0.05) is 19.0 Å². The third kappa shape index (κ3) is 3.12. The van der Waals surface area contributed by atoms with Crippen molar-refractivity contribution in [3.05, 3.63) is 58.4 Å². The molecule has 2 heterocycles. The molecule has 3 heteroatoms. The van der Waals surface area contributed by atoms with Crippen molar-refractivity contribution in [1.82, 2.24) is 9.97 Å². The molecule has 0 aliphatic rings. The van der Waals surface area contributed by atoms with Crippen LogP contribution in [0.15, 0.2) is 36.5 Å². The first kappa shape index (κ1) is 13.8. The third-order valence-electron chi connectivity index (χ3n) is 3.47. The van der Waals surface area contributed by atoms with Crippen LogP contribution in [0, 0.1) is 25.7 Å². The van der Waals surface area contributed by atoms with Gasteiger partial charge in [0.25, 0.3) is 0 Å². The Bertz CT molecular complexity index is 823. The minimum Gasteiger partial charge on any atom is -0.248 e. The highest BCUT2D eigenvalue weighted by molar-refractivity contribution is 7.18. The van der Waals surface area contributed by atoms with Crippen LogP contribution in [0.1, 0.15) is 28.2 Å². The molecule has 0 unspecified atom stereocenters. The Morgan fingerprint density at radius 3 is 2.86 bits per heavy atom. The van der Waals surface area contributed by atoms with E-state index in [1.165, 1.54) is 15.8 Å². The molecule has 0 aliphatic carbocycles. The van der Waals surface area contributed by atoms with E-state index in [1.54, 1.807) is 17.5 Å². The maximum Gasteiger partial charge on any atom is 0.113 e. The SMILES string of the molecule is Cc1ccc2nc(CCC#Cc3ccccn3)sc2c1C. The molecule has 0 radical (unpaired) electrons. The lowest BCUT2D eigenvalue weighted by atomic mass is 10.1. The summed E-state index contributed by atoms with van der Waals surface area (Å²) in [4.78, 5) is 8.89. The minimum atomic E-state index is 0.814. The first-order chi connectivity index (χ1) is 10.2. The molecule has 2 nitrogen and oxygen atoms in total. The Morgan fingerprint density at radius 2 is 2.05 bits per heavy atom. The number of benzene rings is 1. The Morgan fingerprint density at radius 1 is 1.14 bits per heavy atom. The summed E-state index contributed by atoms with van der Waals surface area (Å²) in [6, 6.07) is 10.0. The van der Waals surface area contributed by atoms with Gasteiger partial charge in [0.1, 0.15) is 5.69 Å². The van der Waals surface area contributed by atoms with Crippen LogP contribution in [0.5, 0.6) is 0 Å². The minimum absolute atomic E-state index is 0.814. The number of nitrogens with zero attached hydrogens (tertiary/aromatic N) is 2. The lowest BCUT2D eigenvalue weighted by molar-refractivity contribution is 1.01. The van der Waals surface area contributed by atoms with Crippen LogP contribution in [0.3, 0.4) is 0 Å². The predicted octanol–water partition coefficient (Wildman–Crippen LogP) is 4.29. The van der Waals surface area contributed by atoms with Crippen LogP contribution in [0.25, 0.3) is 10.2 Å². The monoisotopic (exact) mass is 292 g/mol. The fourth-order valence-electron chi connectivity index (χ4n) is 2.13. The van der Waals surface area contributed by atoms with Crippen LogP contribution in [0.2, 0.25) is 0 Å². The van der Waals surface area contributed by atoms with Crippen molar-refractivity contribution < 1.29 is 0 Å². The number of hydrogen-bond acceptors (Lipinski definition) is 3. The topological polar surface area (TPSA) is 25.8 Å². The molecule has 0 N–H and O–H groups in total. The van der Waals surface area contributed by atoms with Gasteiger partial charge in [-0.3, -0.25) is 0 Å². The number of rotatable bonds is 2. The molecule has 0 fully saturated rings. The molecule has 21 heavy (non-hydrogen) atoms. The molecule has 0 aliphatic heterocycles. The quantitative estimate of drug-likeness (QED) is 0.658. The average Bonchev–Trinajstić information content (AvgIpc) is 2.93. The molecule has 0 bridgehead atoms. The van der Waals surface area contributed by atoms with Crippen molar-refractivity contribution in [1.29, 1.82) is 0 Å². The van der Waals surface area contributed by atoms with Crippen LogP contribution in [-0.4, -0.2) is 9.97 Å². The zero-order valence-electron chi connectivity index (χ0n) is 12.2. The lowest BCUT2D eigenvalue weighted by Crippen LogP contribution is -1.82. The molecule has 2 aromatic heterocycles. The van der Waals surface area contributed by atoms with E-state index in [-0.39, 0.29) is 0 Å². The molecule has 104 valence electrons. The summed E-state index contributed by atoms with van der Waals surface area (Å²) in [5.41, 5.74) is 4.60. The van der Waals surface area contributed by atoms with Gasteiger partial charge >= 0.3 is 0 Å². The van der Waals surface area contributed by atoms with Crippen LogP contribution in [0.4, 0.5) is 0 Å². The van der Waals surface area contributed by atoms with Crippen molar-refractivity contribution in [3.8, 4) is 11.8 Å². The van der Waals surface area contributed by atoms with Gasteiger partial charge < -0.3 is 0 Å². The highest BCUT2D eigenvalue weighted by Gasteiger charge is 2.06. The van der Waals surface area contributed by atoms with E-state index in [4.69, 9.17) is 4.98 Å². The van der Waals surface area contributed by atoms with E-state index < -0.39 is 0 Å². The average molecular weight is 292 g/mol. The zero-order valence-corrected chi connectivity index (χ0v) is 13.0. The van der Waals surface area contributed by atoms with E-state index in [9.17, 15) is 0 Å². The van der Waals surface area contributed by atoms with Crippen molar-refractivity contribution >= 4 is 21.6 Å². The van der Waals surface area contributed by atoms with Gasteiger partial charge in [-0.05, 0) is 49.1 Å². The molecule has 3 aromatic rings. The molecule has 0 saturated heterocycles. The molecule has 0 saturated carbocycles. The smallest absolute Gasteiger partial charge is 0.113 e. The van der Waals surface area contributed by atoms with Crippen molar-refractivity contribution in [2.45, 2.75) is 26.7 Å². The molecule has 0 spiro atoms. The molecule has 3 rings (SSSR count). The number of fused-ring (bicyclic) bond motifs is 1. The molecular weight excluding hydrogens is 276 g/mol.